The molecule has 1 atom stereocenters. The SMILES string of the molecule is O=C(OCc1ccc(F)cc1)[C@H]1COc2ccccc2O1. The summed E-state index contributed by atoms with van der Waals surface area (Å²) in [5.41, 5.74) is 0.710. The maximum atomic E-state index is 12.8. The van der Waals surface area contributed by atoms with Crippen LogP contribution in [0.5, 0.6) is 11.5 Å². The summed E-state index contributed by atoms with van der Waals surface area (Å²) in [4.78, 5) is 11.9. The normalized spacial score (nSPS) is 16.3. The van der Waals surface area contributed by atoms with Crippen LogP contribution in [0.4, 0.5) is 4.39 Å². The number of halogens is 1. The van der Waals surface area contributed by atoms with Gasteiger partial charge in [-0.1, -0.05) is 24.3 Å². The fraction of sp³-hybridized carbons (Fsp3) is 0.188. The summed E-state index contributed by atoms with van der Waals surface area (Å²) in [6, 6.07) is 12.9. The largest absolute Gasteiger partial charge is 0.485 e. The minimum atomic E-state index is -0.791. The molecule has 1 heterocycles. The van der Waals surface area contributed by atoms with Crippen LogP contribution >= 0.6 is 0 Å². The first kappa shape index (κ1) is 13.4. The molecule has 0 bridgehead atoms. The second kappa shape index (κ2) is 5.83. The number of para-hydroxylation sites is 2. The van der Waals surface area contributed by atoms with Crippen LogP contribution < -0.4 is 9.47 Å². The van der Waals surface area contributed by atoms with Crippen LogP contribution in [0, 0.1) is 5.82 Å². The van der Waals surface area contributed by atoms with Crippen molar-refractivity contribution in [2.75, 3.05) is 6.61 Å². The highest BCUT2D eigenvalue weighted by Gasteiger charge is 2.28. The minimum Gasteiger partial charge on any atom is -0.485 e. The number of fused-ring (bicyclic) bond motifs is 1. The van der Waals surface area contributed by atoms with Crippen LogP contribution in [-0.4, -0.2) is 18.7 Å². The highest BCUT2D eigenvalue weighted by molar-refractivity contribution is 5.76. The van der Waals surface area contributed by atoms with Gasteiger partial charge >= 0.3 is 5.97 Å². The summed E-state index contributed by atoms with van der Waals surface area (Å²) < 4.78 is 28.9. The van der Waals surface area contributed by atoms with Crippen molar-refractivity contribution in [2.45, 2.75) is 12.7 Å². The van der Waals surface area contributed by atoms with Gasteiger partial charge in [0.2, 0.25) is 6.10 Å². The Morgan fingerprint density at radius 2 is 1.86 bits per heavy atom. The van der Waals surface area contributed by atoms with E-state index in [0.717, 1.165) is 0 Å². The maximum Gasteiger partial charge on any atom is 0.351 e. The zero-order valence-electron chi connectivity index (χ0n) is 11.1. The molecule has 0 fully saturated rings. The van der Waals surface area contributed by atoms with Crippen LogP contribution in [0.1, 0.15) is 5.56 Å². The molecule has 21 heavy (non-hydrogen) atoms. The molecule has 1 aliphatic heterocycles. The standard InChI is InChI=1S/C16H13FO4/c17-12-7-5-11(6-8-12)9-20-16(18)15-10-19-13-3-1-2-4-14(13)21-15/h1-8,15H,9-10H2/t15-/m1/s1. The third-order valence-corrected chi connectivity index (χ3v) is 3.07. The lowest BCUT2D eigenvalue weighted by molar-refractivity contribution is -0.155. The Morgan fingerprint density at radius 1 is 1.14 bits per heavy atom. The molecule has 108 valence electrons. The summed E-state index contributed by atoms with van der Waals surface area (Å²) in [5, 5.41) is 0. The van der Waals surface area contributed by atoms with Gasteiger partial charge in [0.1, 0.15) is 19.0 Å². The van der Waals surface area contributed by atoms with Crippen molar-refractivity contribution in [2.24, 2.45) is 0 Å². The van der Waals surface area contributed by atoms with Gasteiger partial charge < -0.3 is 14.2 Å². The van der Waals surface area contributed by atoms with E-state index in [9.17, 15) is 9.18 Å². The van der Waals surface area contributed by atoms with Crippen molar-refractivity contribution in [1.82, 2.24) is 0 Å². The van der Waals surface area contributed by atoms with Crippen molar-refractivity contribution in [1.29, 1.82) is 0 Å². The van der Waals surface area contributed by atoms with Crippen LogP contribution in [0.3, 0.4) is 0 Å². The van der Waals surface area contributed by atoms with E-state index in [-0.39, 0.29) is 19.0 Å². The van der Waals surface area contributed by atoms with Gasteiger partial charge in [-0.3, -0.25) is 0 Å². The number of rotatable bonds is 3. The molecular formula is C16H13FO4. The molecule has 0 aromatic heterocycles. The van der Waals surface area contributed by atoms with Gasteiger partial charge in [-0.05, 0) is 29.8 Å². The average molecular weight is 288 g/mol. The summed E-state index contributed by atoms with van der Waals surface area (Å²) in [6.07, 6.45) is -0.791. The van der Waals surface area contributed by atoms with Crippen LogP contribution in [0.25, 0.3) is 0 Å². The molecule has 3 rings (SSSR count). The third-order valence-electron chi connectivity index (χ3n) is 3.07. The van der Waals surface area contributed by atoms with E-state index in [0.29, 0.717) is 17.1 Å². The molecule has 0 saturated heterocycles. The average Bonchev–Trinajstić information content (AvgIpc) is 2.53. The van der Waals surface area contributed by atoms with Crippen molar-refractivity contribution in [3.8, 4) is 11.5 Å². The fourth-order valence-corrected chi connectivity index (χ4v) is 1.96. The molecule has 0 radical (unpaired) electrons. The second-order valence-corrected chi connectivity index (χ2v) is 4.60. The van der Waals surface area contributed by atoms with Crippen molar-refractivity contribution in [3.63, 3.8) is 0 Å². The lowest BCUT2D eigenvalue weighted by Crippen LogP contribution is -2.37. The van der Waals surface area contributed by atoms with Crippen LogP contribution in [0.2, 0.25) is 0 Å². The van der Waals surface area contributed by atoms with Crippen LogP contribution in [-0.2, 0) is 16.1 Å². The topological polar surface area (TPSA) is 44.8 Å². The highest BCUT2D eigenvalue weighted by Crippen LogP contribution is 2.31. The highest BCUT2D eigenvalue weighted by atomic mass is 19.1. The number of esters is 1. The number of carbonyl (C=O) groups excluding carboxylic acids is 1. The van der Waals surface area contributed by atoms with Gasteiger partial charge in [0, 0.05) is 0 Å². The zero-order valence-corrected chi connectivity index (χ0v) is 11.1. The van der Waals surface area contributed by atoms with E-state index in [4.69, 9.17) is 14.2 Å². The quantitative estimate of drug-likeness (QED) is 0.815. The number of hydrogen-bond acceptors (Lipinski definition) is 4. The first-order valence-electron chi connectivity index (χ1n) is 6.52. The van der Waals surface area contributed by atoms with Gasteiger partial charge in [-0.25, -0.2) is 9.18 Å². The summed E-state index contributed by atoms with van der Waals surface area (Å²) >= 11 is 0. The number of carbonyl (C=O) groups is 1. The van der Waals surface area contributed by atoms with Gasteiger partial charge in [0.05, 0.1) is 0 Å². The Kier molecular flexibility index (Phi) is 3.73. The molecule has 0 spiro atoms. The van der Waals surface area contributed by atoms with Crippen LogP contribution in [0.15, 0.2) is 48.5 Å². The minimum absolute atomic E-state index is 0.0701. The first-order valence-corrected chi connectivity index (χ1v) is 6.52. The van der Waals surface area contributed by atoms with E-state index in [1.54, 1.807) is 30.3 Å². The van der Waals surface area contributed by atoms with E-state index < -0.39 is 12.1 Å². The van der Waals surface area contributed by atoms with E-state index in [1.807, 2.05) is 6.07 Å². The molecule has 0 amide bonds. The lowest BCUT2D eigenvalue weighted by atomic mass is 10.2. The Morgan fingerprint density at radius 3 is 2.62 bits per heavy atom. The van der Waals surface area contributed by atoms with Crippen molar-refractivity contribution < 1.29 is 23.4 Å². The van der Waals surface area contributed by atoms with Crippen molar-refractivity contribution in [3.05, 3.63) is 59.9 Å². The molecule has 2 aromatic rings. The van der Waals surface area contributed by atoms with E-state index in [1.165, 1.54) is 12.1 Å². The molecule has 0 saturated carbocycles. The zero-order chi connectivity index (χ0) is 14.7. The molecule has 0 unspecified atom stereocenters. The Labute approximate surface area is 121 Å². The Hall–Kier alpha value is -2.56. The molecule has 0 N–H and O–H groups in total. The molecule has 2 aromatic carbocycles. The lowest BCUT2D eigenvalue weighted by Gasteiger charge is -2.24. The predicted molar refractivity (Wildman–Crippen MR) is 72.5 cm³/mol. The molecule has 5 heteroatoms. The number of ether oxygens (including phenoxy) is 3. The van der Waals surface area contributed by atoms with Gasteiger partial charge in [-0.2, -0.15) is 0 Å². The molecular weight excluding hydrogens is 275 g/mol. The Bertz CT molecular complexity index is 639. The first-order chi connectivity index (χ1) is 10.2. The molecule has 1 aliphatic rings. The fourth-order valence-electron chi connectivity index (χ4n) is 1.96. The monoisotopic (exact) mass is 288 g/mol. The smallest absolute Gasteiger partial charge is 0.351 e. The maximum absolute atomic E-state index is 12.8. The summed E-state index contributed by atoms with van der Waals surface area (Å²) in [7, 11) is 0. The van der Waals surface area contributed by atoms with Gasteiger partial charge in [-0.15, -0.1) is 0 Å². The predicted octanol–water partition coefficient (Wildman–Crippen LogP) is 2.71. The Balaban J connectivity index is 1.58. The number of hydrogen-bond donors (Lipinski definition) is 0. The van der Waals surface area contributed by atoms with Gasteiger partial charge in [0.15, 0.2) is 11.5 Å². The summed E-state index contributed by atoms with van der Waals surface area (Å²) in [5.74, 6) is 0.298. The molecule has 0 aliphatic carbocycles. The molecule has 4 nitrogen and oxygen atoms in total. The summed E-state index contributed by atoms with van der Waals surface area (Å²) in [6.45, 7) is 0.180. The van der Waals surface area contributed by atoms with E-state index in [2.05, 4.69) is 0 Å². The van der Waals surface area contributed by atoms with E-state index >= 15 is 0 Å². The van der Waals surface area contributed by atoms with Crippen molar-refractivity contribution >= 4 is 5.97 Å². The third kappa shape index (κ3) is 3.13. The van der Waals surface area contributed by atoms with Gasteiger partial charge in [0.25, 0.3) is 0 Å². The number of benzene rings is 2. The second-order valence-electron chi connectivity index (χ2n) is 4.60.